The van der Waals surface area contributed by atoms with Crippen LogP contribution in [-0.4, -0.2) is 89.6 Å². The molecule has 0 radical (unpaired) electrons. The van der Waals surface area contributed by atoms with Crippen LogP contribution >= 0.6 is 0 Å². The summed E-state index contributed by atoms with van der Waals surface area (Å²) in [5.41, 5.74) is 0. The number of aliphatic hydroxyl groups excluding tert-OH is 4. The fourth-order valence-electron chi connectivity index (χ4n) is 6.46. The van der Waals surface area contributed by atoms with Gasteiger partial charge in [-0.25, -0.2) is 0 Å². The predicted molar refractivity (Wildman–Crippen MR) is 228 cm³/mol. The lowest BCUT2D eigenvalue weighted by Gasteiger charge is -2.39. The molecule has 0 aromatic heterocycles. The van der Waals surface area contributed by atoms with Gasteiger partial charge in [0.2, 0.25) is 0 Å². The fourth-order valence-corrected chi connectivity index (χ4v) is 6.46. The van der Waals surface area contributed by atoms with Gasteiger partial charge in [-0.2, -0.15) is 0 Å². The largest absolute Gasteiger partial charge is 0.457 e. The third-order valence-corrected chi connectivity index (χ3v) is 9.95. The molecule has 56 heavy (non-hydrogen) atoms. The maximum absolute atomic E-state index is 12.7. The van der Waals surface area contributed by atoms with E-state index in [0.717, 1.165) is 77.0 Å². The summed E-state index contributed by atoms with van der Waals surface area (Å²) in [6.07, 6.45) is 41.0. The quantitative estimate of drug-likeness (QED) is 0.0276. The van der Waals surface area contributed by atoms with Crippen molar-refractivity contribution in [3.8, 4) is 0 Å². The smallest absolute Gasteiger partial charge is 0.306 e. The molecule has 6 unspecified atom stereocenters. The van der Waals surface area contributed by atoms with E-state index in [9.17, 15) is 25.2 Å². The Morgan fingerprint density at radius 1 is 0.589 bits per heavy atom. The molecule has 4 N–H and O–H groups in total. The predicted octanol–water partition coefficient (Wildman–Crippen LogP) is 9.91. The highest BCUT2D eigenvalue weighted by Gasteiger charge is 2.44. The highest BCUT2D eigenvalue weighted by Crippen LogP contribution is 2.22. The normalized spacial score (nSPS) is 21.1. The van der Waals surface area contributed by atoms with E-state index in [0.29, 0.717) is 13.0 Å². The second-order valence-corrected chi connectivity index (χ2v) is 15.1. The molecule has 0 aliphatic carbocycles. The molecular formula is C47H82O9. The monoisotopic (exact) mass is 791 g/mol. The van der Waals surface area contributed by atoms with Gasteiger partial charge in [0.1, 0.15) is 30.5 Å². The first-order valence-corrected chi connectivity index (χ1v) is 22.4. The second kappa shape index (κ2) is 38.4. The molecule has 1 fully saturated rings. The van der Waals surface area contributed by atoms with Crippen LogP contribution in [0.1, 0.15) is 168 Å². The van der Waals surface area contributed by atoms with Crippen LogP contribution in [0.2, 0.25) is 0 Å². The summed E-state index contributed by atoms with van der Waals surface area (Å²) in [6, 6.07) is 0. The van der Waals surface area contributed by atoms with Crippen molar-refractivity contribution in [3.05, 3.63) is 60.8 Å². The molecule has 1 heterocycles. The maximum atomic E-state index is 12.7. The van der Waals surface area contributed by atoms with Gasteiger partial charge >= 0.3 is 5.97 Å². The topological polar surface area (TPSA) is 135 Å². The van der Waals surface area contributed by atoms with E-state index in [1.807, 2.05) is 0 Å². The van der Waals surface area contributed by atoms with Gasteiger partial charge < -0.3 is 39.4 Å². The van der Waals surface area contributed by atoms with Crippen molar-refractivity contribution < 1.29 is 44.2 Å². The van der Waals surface area contributed by atoms with E-state index in [2.05, 4.69) is 74.6 Å². The molecule has 0 bridgehead atoms. The number of aliphatic hydroxyl groups is 4. The van der Waals surface area contributed by atoms with Crippen molar-refractivity contribution >= 4 is 5.97 Å². The van der Waals surface area contributed by atoms with E-state index < -0.39 is 43.4 Å². The minimum Gasteiger partial charge on any atom is -0.457 e. The van der Waals surface area contributed by atoms with Gasteiger partial charge in [-0.1, -0.05) is 164 Å². The SMILES string of the molecule is CC/C=C\C/C=C\C/C=C\C/C=C\C/C=C\CCCCCCCCOCC(COC1OC(CO)C(O)C(O)C1O)OC(=O)CCCCCCCCCCCCC. The van der Waals surface area contributed by atoms with E-state index in [-0.39, 0.29) is 19.2 Å². The Balaban J connectivity index is 2.25. The zero-order chi connectivity index (χ0) is 40.7. The number of rotatable bonds is 37. The van der Waals surface area contributed by atoms with Gasteiger partial charge in [0.25, 0.3) is 0 Å². The van der Waals surface area contributed by atoms with Crippen molar-refractivity contribution in [1.82, 2.24) is 0 Å². The van der Waals surface area contributed by atoms with Crippen molar-refractivity contribution in [2.24, 2.45) is 0 Å². The summed E-state index contributed by atoms with van der Waals surface area (Å²) in [6.45, 7) is 4.39. The van der Waals surface area contributed by atoms with Gasteiger partial charge in [0.15, 0.2) is 6.29 Å². The standard InChI is InChI=1S/C47H82O9/c1-3-5-7-9-11-13-15-16-17-18-19-20-21-22-23-24-25-27-29-31-33-35-37-53-39-41(40-54-47-46(52)45(51)44(50)42(38-48)56-47)55-43(49)36-34-32-30-28-26-14-12-10-8-6-4-2/h5,7,11,13,16-17,19-20,22-23,41-42,44-48,50-52H,3-4,6,8-10,12,14-15,18,21,24-40H2,1-2H3/b7-5-,13-11-,17-16-,20-19-,23-22-. The van der Waals surface area contributed by atoms with Gasteiger partial charge in [0.05, 0.1) is 19.8 Å². The molecule has 0 saturated carbocycles. The van der Waals surface area contributed by atoms with E-state index in [1.54, 1.807) is 0 Å². The van der Waals surface area contributed by atoms with Gasteiger partial charge in [-0.3, -0.25) is 4.79 Å². The lowest BCUT2D eigenvalue weighted by molar-refractivity contribution is -0.305. The summed E-state index contributed by atoms with van der Waals surface area (Å²) < 4.78 is 22.8. The van der Waals surface area contributed by atoms with E-state index in [4.69, 9.17) is 18.9 Å². The van der Waals surface area contributed by atoms with Gasteiger partial charge in [-0.05, 0) is 57.8 Å². The van der Waals surface area contributed by atoms with Crippen LogP contribution in [0.3, 0.4) is 0 Å². The first-order valence-electron chi connectivity index (χ1n) is 22.4. The molecule has 0 amide bonds. The Morgan fingerprint density at radius 2 is 1.09 bits per heavy atom. The summed E-state index contributed by atoms with van der Waals surface area (Å²) in [5.74, 6) is -0.323. The Bertz CT molecular complexity index is 1040. The minimum atomic E-state index is -1.54. The molecule has 0 aromatic carbocycles. The molecule has 1 saturated heterocycles. The average molecular weight is 791 g/mol. The summed E-state index contributed by atoms with van der Waals surface area (Å²) in [4.78, 5) is 12.7. The third kappa shape index (κ3) is 29.2. The zero-order valence-corrected chi connectivity index (χ0v) is 35.4. The first kappa shape index (κ1) is 51.9. The summed E-state index contributed by atoms with van der Waals surface area (Å²) in [5, 5.41) is 40.1. The number of hydrogen-bond donors (Lipinski definition) is 4. The van der Waals surface area contributed by atoms with Crippen LogP contribution in [0.5, 0.6) is 0 Å². The molecule has 1 rings (SSSR count). The first-order chi connectivity index (χ1) is 27.4. The Morgan fingerprint density at radius 3 is 1.64 bits per heavy atom. The number of carbonyl (C=O) groups is 1. The van der Waals surface area contributed by atoms with Crippen molar-refractivity contribution in [1.29, 1.82) is 0 Å². The lowest BCUT2D eigenvalue weighted by atomic mass is 9.99. The van der Waals surface area contributed by atoms with Crippen molar-refractivity contribution in [3.63, 3.8) is 0 Å². The van der Waals surface area contributed by atoms with Crippen molar-refractivity contribution in [2.45, 2.75) is 205 Å². The van der Waals surface area contributed by atoms with Crippen LogP contribution in [-0.2, 0) is 23.7 Å². The number of allylic oxidation sites excluding steroid dienone is 10. The molecule has 1 aliphatic heterocycles. The van der Waals surface area contributed by atoms with Crippen molar-refractivity contribution in [2.75, 3.05) is 26.4 Å². The number of esters is 1. The van der Waals surface area contributed by atoms with Crippen LogP contribution in [0.15, 0.2) is 60.8 Å². The highest BCUT2D eigenvalue weighted by atomic mass is 16.7. The number of unbranched alkanes of at least 4 members (excludes halogenated alkanes) is 16. The van der Waals surface area contributed by atoms with Crippen LogP contribution in [0.25, 0.3) is 0 Å². The number of ether oxygens (including phenoxy) is 4. The van der Waals surface area contributed by atoms with Gasteiger partial charge in [-0.15, -0.1) is 0 Å². The molecule has 0 spiro atoms. The Labute approximate surface area is 341 Å². The molecule has 9 heteroatoms. The number of carbonyl (C=O) groups excluding carboxylic acids is 1. The zero-order valence-electron chi connectivity index (χ0n) is 35.4. The molecule has 324 valence electrons. The summed E-state index contributed by atoms with van der Waals surface area (Å²) >= 11 is 0. The number of hydrogen-bond acceptors (Lipinski definition) is 9. The van der Waals surface area contributed by atoms with Gasteiger partial charge in [0, 0.05) is 13.0 Å². The second-order valence-electron chi connectivity index (χ2n) is 15.1. The van der Waals surface area contributed by atoms with Crippen LogP contribution < -0.4 is 0 Å². The van der Waals surface area contributed by atoms with E-state index in [1.165, 1.54) is 70.6 Å². The molecule has 0 aromatic rings. The summed E-state index contributed by atoms with van der Waals surface area (Å²) in [7, 11) is 0. The Hall–Kier alpha value is -2.11. The molecular weight excluding hydrogens is 709 g/mol. The molecule has 9 nitrogen and oxygen atoms in total. The average Bonchev–Trinajstić information content (AvgIpc) is 3.20. The maximum Gasteiger partial charge on any atom is 0.306 e. The van der Waals surface area contributed by atoms with E-state index >= 15 is 0 Å². The third-order valence-electron chi connectivity index (χ3n) is 9.95. The van der Waals surface area contributed by atoms with Crippen LogP contribution in [0.4, 0.5) is 0 Å². The lowest BCUT2D eigenvalue weighted by Crippen LogP contribution is -2.59. The fraction of sp³-hybridized carbons (Fsp3) is 0.766. The molecule has 6 atom stereocenters. The highest BCUT2D eigenvalue weighted by molar-refractivity contribution is 5.69. The Kier molecular flexibility index (Phi) is 35.6. The minimum absolute atomic E-state index is 0.120. The molecule has 1 aliphatic rings. The van der Waals surface area contributed by atoms with Crippen LogP contribution in [0, 0.1) is 0 Å².